The maximum absolute atomic E-state index is 12.9. The minimum atomic E-state index is -4.31. The second-order valence-corrected chi connectivity index (χ2v) is 4.95. The molecule has 2 unspecified atom stereocenters. The van der Waals surface area contributed by atoms with Gasteiger partial charge in [0.1, 0.15) is 0 Å². The van der Waals surface area contributed by atoms with E-state index in [0.717, 1.165) is 6.07 Å². The molecular weight excluding hydrogens is 273 g/mol. The Bertz CT molecular complexity index is 539. The number of rotatable bonds is 2. The van der Waals surface area contributed by atoms with Crippen molar-refractivity contribution in [1.29, 1.82) is 0 Å². The zero-order valence-corrected chi connectivity index (χ0v) is 10.7. The third kappa shape index (κ3) is 3.40. The van der Waals surface area contributed by atoms with Gasteiger partial charge in [-0.15, -0.1) is 0 Å². The first-order chi connectivity index (χ1) is 9.38. The number of hydrogen-bond acceptors (Lipinski definition) is 2. The smallest absolute Gasteiger partial charge is 0.349 e. The maximum atomic E-state index is 12.9. The minimum Gasteiger partial charge on any atom is -0.349 e. The van der Waals surface area contributed by atoms with Gasteiger partial charge in [-0.2, -0.15) is 13.2 Å². The Balaban J connectivity index is 2.11. The minimum absolute atomic E-state index is 0.0316. The lowest BCUT2D eigenvalue weighted by Gasteiger charge is -2.33. The predicted molar refractivity (Wildman–Crippen MR) is 66.3 cm³/mol. The molecule has 0 bridgehead atoms. The highest BCUT2D eigenvalue weighted by Gasteiger charge is 2.45. The Morgan fingerprint density at radius 3 is 2.65 bits per heavy atom. The summed E-state index contributed by atoms with van der Waals surface area (Å²) in [5.41, 5.74) is -0.395. The average Bonchev–Trinajstić information content (AvgIpc) is 2.38. The topological polar surface area (TPSA) is 62.0 Å². The van der Waals surface area contributed by atoms with Crippen molar-refractivity contribution >= 4 is 5.91 Å². The van der Waals surface area contributed by atoms with E-state index in [-0.39, 0.29) is 12.0 Å². The van der Waals surface area contributed by atoms with Gasteiger partial charge in [0.2, 0.25) is 5.56 Å². The second kappa shape index (κ2) is 5.68. The van der Waals surface area contributed by atoms with Crippen molar-refractivity contribution in [3.8, 4) is 0 Å². The number of alkyl halides is 3. The molecule has 7 heteroatoms. The van der Waals surface area contributed by atoms with Gasteiger partial charge in [-0.1, -0.05) is 12.8 Å². The predicted octanol–water partition coefficient (Wildman–Crippen LogP) is 2.23. The molecule has 1 aromatic heterocycles. The fraction of sp³-hybridized carbons (Fsp3) is 0.538. The van der Waals surface area contributed by atoms with Crippen molar-refractivity contribution in [1.82, 2.24) is 10.3 Å². The zero-order chi connectivity index (χ0) is 14.8. The Morgan fingerprint density at radius 1 is 1.30 bits per heavy atom. The van der Waals surface area contributed by atoms with E-state index in [1.54, 1.807) is 0 Å². The molecule has 0 radical (unpaired) electrons. The van der Waals surface area contributed by atoms with Crippen molar-refractivity contribution in [3.05, 3.63) is 34.2 Å². The lowest BCUT2D eigenvalue weighted by molar-refractivity contribution is -0.187. The van der Waals surface area contributed by atoms with E-state index >= 15 is 0 Å². The van der Waals surface area contributed by atoms with Crippen LogP contribution >= 0.6 is 0 Å². The van der Waals surface area contributed by atoms with Crippen LogP contribution in [0.2, 0.25) is 0 Å². The molecule has 0 aromatic carbocycles. The first-order valence-corrected chi connectivity index (χ1v) is 6.44. The monoisotopic (exact) mass is 288 g/mol. The molecule has 1 aromatic rings. The molecule has 0 aliphatic heterocycles. The van der Waals surface area contributed by atoms with Crippen LogP contribution in [-0.2, 0) is 0 Å². The Labute approximate surface area is 113 Å². The van der Waals surface area contributed by atoms with Crippen LogP contribution in [0, 0.1) is 5.92 Å². The Hall–Kier alpha value is -1.79. The number of amides is 1. The Morgan fingerprint density at radius 2 is 2.00 bits per heavy atom. The van der Waals surface area contributed by atoms with Gasteiger partial charge < -0.3 is 10.3 Å². The number of carbonyl (C=O) groups is 1. The third-order valence-corrected chi connectivity index (χ3v) is 3.54. The second-order valence-electron chi connectivity index (χ2n) is 4.95. The SMILES string of the molecule is O=C(NC1CCCCC1C(F)(F)F)c1cc[nH]c(=O)c1. The first kappa shape index (κ1) is 14.6. The third-order valence-electron chi connectivity index (χ3n) is 3.54. The number of carbonyl (C=O) groups excluding carboxylic acids is 1. The molecule has 1 fully saturated rings. The van der Waals surface area contributed by atoms with Crippen molar-refractivity contribution in [3.63, 3.8) is 0 Å². The van der Waals surface area contributed by atoms with Crippen LogP contribution in [0.4, 0.5) is 13.2 Å². The summed E-state index contributed by atoms with van der Waals surface area (Å²) in [5.74, 6) is -2.15. The number of aromatic nitrogens is 1. The van der Waals surface area contributed by atoms with Crippen LogP contribution in [0.3, 0.4) is 0 Å². The van der Waals surface area contributed by atoms with E-state index < -0.39 is 29.6 Å². The molecule has 4 nitrogen and oxygen atoms in total. The number of aromatic amines is 1. The normalized spacial score (nSPS) is 23.4. The van der Waals surface area contributed by atoms with E-state index in [1.165, 1.54) is 12.3 Å². The van der Waals surface area contributed by atoms with E-state index in [0.29, 0.717) is 19.3 Å². The van der Waals surface area contributed by atoms with E-state index in [1.807, 2.05) is 0 Å². The van der Waals surface area contributed by atoms with Crippen LogP contribution in [0.15, 0.2) is 23.1 Å². The van der Waals surface area contributed by atoms with E-state index in [4.69, 9.17) is 0 Å². The summed E-state index contributed by atoms with van der Waals surface area (Å²) in [5, 5.41) is 2.41. The molecular formula is C13H15F3N2O2. The summed E-state index contributed by atoms with van der Waals surface area (Å²) in [6, 6.07) is 1.51. The largest absolute Gasteiger partial charge is 0.393 e. The van der Waals surface area contributed by atoms with Crippen molar-refractivity contribution < 1.29 is 18.0 Å². The van der Waals surface area contributed by atoms with Crippen LogP contribution in [0.1, 0.15) is 36.0 Å². The number of halogens is 3. The van der Waals surface area contributed by atoms with Gasteiger partial charge in [0.25, 0.3) is 5.91 Å². The fourth-order valence-electron chi connectivity index (χ4n) is 2.53. The highest BCUT2D eigenvalue weighted by molar-refractivity contribution is 5.94. The maximum Gasteiger partial charge on any atom is 0.393 e. The van der Waals surface area contributed by atoms with Gasteiger partial charge in [-0.25, -0.2) is 0 Å². The van der Waals surface area contributed by atoms with Crippen LogP contribution in [-0.4, -0.2) is 23.1 Å². The van der Waals surface area contributed by atoms with E-state index in [9.17, 15) is 22.8 Å². The van der Waals surface area contributed by atoms with Gasteiger partial charge in [0.15, 0.2) is 0 Å². The van der Waals surface area contributed by atoms with Crippen molar-refractivity contribution in [2.24, 2.45) is 5.92 Å². The number of pyridine rings is 1. The average molecular weight is 288 g/mol. The van der Waals surface area contributed by atoms with Gasteiger partial charge in [0, 0.05) is 23.9 Å². The molecule has 110 valence electrons. The van der Waals surface area contributed by atoms with Gasteiger partial charge in [-0.3, -0.25) is 9.59 Å². The summed E-state index contributed by atoms with van der Waals surface area (Å²) < 4.78 is 38.7. The lowest BCUT2D eigenvalue weighted by Crippen LogP contribution is -2.47. The number of H-pyrrole nitrogens is 1. The summed E-state index contributed by atoms with van der Waals surface area (Å²) >= 11 is 0. The Kier molecular flexibility index (Phi) is 4.15. The summed E-state index contributed by atoms with van der Waals surface area (Å²) in [7, 11) is 0. The number of nitrogens with one attached hydrogen (secondary N) is 2. The van der Waals surface area contributed by atoms with Crippen LogP contribution in [0.25, 0.3) is 0 Å². The summed E-state index contributed by atoms with van der Waals surface area (Å²) in [6.45, 7) is 0. The van der Waals surface area contributed by atoms with E-state index in [2.05, 4.69) is 10.3 Å². The quantitative estimate of drug-likeness (QED) is 0.876. The highest BCUT2D eigenvalue weighted by atomic mass is 19.4. The van der Waals surface area contributed by atoms with Crippen LogP contribution in [0.5, 0.6) is 0 Å². The van der Waals surface area contributed by atoms with Gasteiger partial charge in [-0.05, 0) is 18.9 Å². The number of hydrogen-bond donors (Lipinski definition) is 2. The first-order valence-electron chi connectivity index (χ1n) is 6.44. The molecule has 2 N–H and O–H groups in total. The summed E-state index contributed by atoms with van der Waals surface area (Å²) in [4.78, 5) is 25.3. The molecule has 20 heavy (non-hydrogen) atoms. The van der Waals surface area contributed by atoms with Crippen molar-refractivity contribution in [2.75, 3.05) is 0 Å². The van der Waals surface area contributed by atoms with Crippen LogP contribution < -0.4 is 10.9 Å². The molecule has 1 amide bonds. The highest BCUT2D eigenvalue weighted by Crippen LogP contribution is 2.37. The summed E-state index contributed by atoms with van der Waals surface area (Å²) in [6.07, 6.45) is -1.51. The zero-order valence-electron chi connectivity index (χ0n) is 10.7. The molecule has 1 aliphatic carbocycles. The molecule has 1 heterocycles. The molecule has 0 saturated heterocycles. The molecule has 0 spiro atoms. The molecule has 1 saturated carbocycles. The molecule has 1 aliphatic rings. The molecule has 2 atom stereocenters. The van der Waals surface area contributed by atoms with Gasteiger partial charge in [0.05, 0.1) is 5.92 Å². The molecule has 2 rings (SSSR count). The standard InChI is InChI=1S/C13H15F3N2O2/c14-13(15,16)9-3-1-2-4-10(9)18-12(20)8-5-6-17-11(19)7-8/h5-7,9-10H,1-4H2,(H,17,19)(H,18,20). The lowest BCUT2D eigenvalue weighted by atomic mass is 9.84. The van der Waals surface area contributed by atoms with Gasteiger partial charge >= 0.3 is 6.18 Å². The van der Waals surface area contributed by atoms with Crippen molar-refractivity contribution in [2.45, 2.75) is 37.9 Å². The fourth-order valence-corrected chi connectivity index (χ4v) is 2.53.